The van der Waals surface area contributed by atoms with Crippen LogP contribution in [0.25, 0.3) is 0 Å². The predicted octanol–water partition coefficient (Wildman–Crippen LogP) is 5.36. The van der Waals surface area contributed by atoms with Gasteiger partial charge in [0, 0.05) is 6.20 Å². The van der Waals surface area contributed by atoms with Gasteiger partial charge in [0.1, 0.15) is 5.69 Å². The molecule has 1 atom stereocenters. The van der Waals surface area contributed by atoms with Gasteiger partial charge in [0.15, 0.2) is 5.25 Å². The van der Waals surface area contributed by atoms with Crippen molar-refractivity contribution in [3.63, 3.8) is 0 Å². The molecule has 1 heterocycles. The van der Waals surface area contributed by atoms with Gasteiger partial charge in [-0.3, -0.25) is 14.1 Å². The number of H-pyrrole nitrogens is 1. The number of unbranched alkanes of at least 4 members (excludes halogenated alkanes) is 10. The topological polar surface area (TPSA) is 160 Å². The molecule has 0 aliphatic heterocycles. The zero-order valence-electron chi connectivity index (χ0n) is 23.6. The SMILES string of the molecule is CCCCCCCCOC(=O)CC(C(=O)OCCCCCCCC)S(=O)(=O)O.O=C(O)c1ccc[nH]1.[CH3][Na]. The number of ether oxygens (including phenoxy) is 2. The van der Waals surface area contributed by atoms with Crippen LogP contribution in [0.15, 0.2) is 18.3 Å². The van der Waals surface area contributed by atoms with Crippen molar-refractivity contribution < 1.29 is 41.9 Å². The van der Waals surface area contributed by atoms with E-state index in [0.717, 1.165) is 57.8 Å². The maximum atomic E-state index is 12.0. The molecule has 216 valence electrons. The zero-order valence-corrected chi connectivity index (χ0v) is 26.4. The summed E-state index contributed by atoms with van der Waals surface area (Å²) in [6.07, 6.45) is 12.9. The first-order valence-corrected chi connectivity index (χ1v) is 17.3. The maximum absolute atomic E-state index is 12.0. The molecule has 1 aromatic heterocycles. The number of carboxylic acid groups (broad SMARTS) is 1. The summed E-state index contributed by atoms with van der Waals surface area (Å²) in [6.45, 7) is 4.50. The van der Waals surface area contributed by atoms with E-state index in [1.165, 1.54) is 40.4 Å². The van der Waals surface area contributed by atoms with Crippen molar-refractivity contribution in [2.75, 3.05) is 13.2 Å². The molecule has 1 rings (SSSR count). The molecule has 3 N–H and O–H groups in total. The van der Waals surface area contributed by atoms with E-state index in [1.54, 1.807) is 12.3 Å². The molecule has 38 heavy (non-hydrogen) atoms. The Morgan fingerprint density at radius 2 is 1.34 bits per heavy atom. The second-order valence-electron chi connectivity index (χ2n) is 8.52. The average molecular weight is 572 g/mol. The van der Waals surface area contributed by atoms with Gasteiger partial charge >= 0.3 is 50.0 Å². The van der Waals surface area contributed by atoms with Gasteiger partial charge in [-0.05, 0) is 25.0 Å². The van der Waals surface area contributed by atoms with Gasteiger partial charge in [-0.25, -0.2) is 4.79 Å². The Balaban J connectivity index is 0. The molecule has 0 fully saturated rings. The Hall–Kier alpha value is -1.40. The number of aromatic amines is 1. The summed E-state index contributed by atoms with van der Waals surface area (Å²) in [7, 11) is -4.73. The fraction of sp³-hybridized carbons (Fsp3) is 0.731. The number of rotatable bonds is 19. The van der Waals surface area contributed by atoms with Crippen LogP contribution in [0.5, 0.6) is 0 Å². The van der Waals surface area contributed by atoms with Crippen LogP contribution in [0.3, 0.4) is 0 Å². The van der Waals surface area contributed by atoms with Crippen LogP contribution in [0.1, 0.15) is 108 Å². The molecule has 0 radical (unpaired) electrons. The van der Waals surface area contributed by atoms with Gasteiger partial charge in [0.05, 0.1) is 19.6 Å². The van der Waals surface area contributed by atoms with Gasteiger partial charge in [-0.2, -0.15) is 8.42 Å². The Kier molecular flexibility index (Phi) is 26.4. The summed E-state index contributed by atoms with van der Waals surface area (Å²) in [4.78, 5) is 36.3. The molecule has 0 aromatic carbocycles. The number of carbonyl (C=O) groups excluding carboxylic acids is 2. The summed E-state index contributed by atoms with van der Waals surface area (Å²) >= 11 is 1.31. The quantitative estimate of drug-likeness (QED) is 0.0860. The summed E-state index contributed by atoms with van der Waals surface area (Å²) in [6, 6.07) is 3.14. The van der Waals surface area contributed by atoms with Gasteiger partial charge in [-0.15, -0.1) is 0 Å². The molecule has 0 aliphatic carbocycles. The fourth-order valence-corrected chi connectivity index (χ4v) is 3.86. The van der Waals surface area contributed by atoms with Crippen molar-refractivity contribution in [2.24, 2.45) is 0 Å². The third kappa shape index (κ3) is 22.6. The number of aromatic carboxylic acids is 1. The molecule has 0 spiro atoms. The van der Waals surface area contributed by atoms with Gasteiger partial charge in [0.2, 0.25) is 0 Å². The Labute approximate surface area is 245 Å². The number of hydrogen-bond acceptors (Lipinski definition) is 7. The number of carbonyl (C=O) groups is 3. The molecule has 1 aromatic rings. The molecule has 10 nitrogen and oxygen atoms in total. The first-order valence-electron chi connectivity index (χ1n) is 13.8. The van der Waals surface area contributed by atoms with Crippen LogP contribution in [0.2, 0.25) is 4.17 Å². The number of carboxylic acids is 1. The van der Waals surface area contributed by atoms with E-state index in [4.69, 9.17) is 14.6 Å². The molecule has 12 heteroatoms. The molecule has 0 saturated heterocycles. The average Bonchev–Trinajstić information content (AvgIpc) is 3.43. The van der Waals surface area contributed by atoms with Crippen LogP contribution in [0, 0.1) is 0 Å². The molecular formula is C26H46NNaO9S. The predicted molar refractivity (Wildman–Crippen MR) is 148 cm³/mol. The molecule has 0 amide bonds. The minimum absolute atomic E-state index is 0.0732. The van der Waals surface area contributed by atoms with Crippen molar-refractivity contribution in [3.8, 4) is 0 Å². The van der Waals surface area contributed by atoms with Crippen molar-refractivity contribution in [2.45, 2.75) is 107 Å². The Morgan fingerprint density at radius 3 is 1.74 bits per heavy atom. The minimum atomic E-state index is -4.73. The molecule has 1 unspecified atom stereocenters. The summed E-state index contributed by atoms with van der Waals surface area (Å²) in [5.74, 6) is -2.85. The summed E-state index contributed by atoms with van der Waals surface area (Å²) in [5.41, 5.74) is 0.227. The number of nitrogens with one attached hydrogen (secondary N) is 1. The molecular weight excluding hydrogens is 525 g/mol. The van der Waals surface area contributed by atoms with Crippen LogP contribution in [-0.2, 0) is 29.2 Å². The second kappa shape index (κ2) is 25.9. The Bertz CT molecular complexity index is 830. The monoisotopic (exact) mass is 571 g/mol. The normalized spacial score (nSPS) is 11.3. The third-order valence-electron chi connectivity index (χ3n) is 5.31. The van der Waals surface area contributed by atoms with Gasteiger partial charge in [-0.1, -0.05) is 78.1 Å². The molecule has 0 aliphatic rings. The standard InChI is InChI=1S/C20H38O7S.C5H5NO2.CH3.Na/c1-3-5-7-9-11-13-15-26-19(21)17-18(28(23,24)25)20(22)27-16-14-12-10-8-6-4-2;7-5(8)4-2-1-3-6-4;;/h18H,3-17H2,1-2H3,(H,23,24,25);1-3,6H,(H,7,8);1H3;. The number of aromatic nitrogens is 1. The van der Waals surface area contributed by atoms with E-state index < -0.39 is 39.7 Å². The van der Waals surface area contributed by atoms with Crippen LogP contribution >= 0.6 is 0 Å². The van der Waals surface area contributed by atoms with Crippen molar-refractivity contribution in [1.29, 1.82) is 0 Å². The van der Waals surface area contributed by atoms with Gasteiger partial charge < -0.3 is 19.6 Å². The van der Waals surface area contributed by atoms with Crippen molar-refractivity contribution in [1.82, 2.24) is 4.98 Å². The first kappa shape index (κ1) is 38.7. The summed E-state index contributed by atoms with van der Waals surface area (Å²) in [5, 5.41) is 6.32. The molecule has 0 saturated carbocycles. The number of hydrogen-bond donors (Lipinski definition) is 3. The van der Waals surface area contributed by atoms with E-state index in [9.17, 15) is 27.4 Å². The van der Waals surface area contributed by atoms with Gasteiger partial charge in [0.25, 0.3) is 10.1 Å². The first-order chi connectivity index (χ1) is 18.1. The van der Waals surface area contributed by atoms with Crippen molar-refractivity contribution in [3.05, 3.63) is 24.0 Å². The molecule has 0 bridgehead atoms. The van der Waals surface area contributed by atoms with E-state index >= 15 is 0 Å². The van der Waals surface area contributed by atoms with E-state index in [1.807, 2.05) is 0 Å². The zero-order chi connectivity index (χ0) is 29.2. The Morgan fingerprint density at radius 1 is 0.868 bits per heavy atom. The summed E-state index contributed by atoms with van der Waals surface area (Å²) < 4.78 is 44.2. The van der Waals surface area contributed by atoms with E-state index in [0.29, 0.717) is 12.8 Å². The second-order valence-corrected chi connectivity index (χ2v) is 10.1. The van der Waals surface area contributed by atoms with Crippen LogP contribution < -0.4 is 0 Å². The van der Waals surface area contributed by atoms with E-state index in [-0.39, 0.29) is 18.9 Å². The number of esters is 2. The fourth-order valence-electron chi connectivity index (χ4n) is 3.20. The van der Waals surface area contributed by atoms with Crippen LogP contribution in [0.4, 0.5) is 0 Å². The van der Waals surface area contributed by atoms with Crippen LogP contribution in [-0.4, -0.2) is 87.4 Å². The van der Waals surface area contributed by atoms with E-state index in [2.05, 4.69) is 23.0 Å². The van der Waals surface area contributed by atoms with Crippen molar-refractivity contribution >= 4 is 56.0 Å². The third-order valence-corrected chi connectivity index (χ3v) is 6.38.